The van der Waals surface area contributed by atoms with E-state index in [0.717, 1.165) is 11.8 Å². The van der Waals surface area contributed by atoms with Crippen molar-refractivity contribution in [3.05, 3.63) is 0 Å². The van der Waals surface area contributed by atoms with Crippen molar-refractivity contribution in [2.45, 2.75) is 51.0 Å². The summed E-state index contributed by atoms with van der Waals surface area (Å²) in [6.07, 6.45) is 8.91. The molecule has 3 fully saturated rings. The van der Waals surface area contributed by atoms with Crippen LogP contribution in [0.2, 0.25) is 0 Å². The van der Waals surface area contributed by atoms with Gasteiger partial charge in [-0.05, 0) is 43.9 Å². The van der Waals surface area contributed by atoms with Crippen LogP contribution >= 0.6 is 0 Å². The predicted octanol–water partition coefficient (Wildman–Crippen LogP) is 2.43. The number of rotatable bonds is 2. The summed E-state index contributed by atoms with van der Waals surface area (Å²) in [6, 6.07) is 0.564. The van der Waals surface area contributed by atoms with Crippen molar-refractivity contribution < 1.29 is 4.79 Å². The van der Waals surface area contributed by atoms with E-state index in [0.29, 0.717) is 17.9 Å². The van der Waals surface area contributed by atoms with Crippen LogP contribution in [0.1, 0.15) is 44.9 Å². The minimum Gasteiger partial charge on any atom is -0.343 e. The van der Waals surface area contributed by atoms with Crippen LogP contribution in [0, 0.1) is 17.8 Å². The van der Waals surface area contributed by atoms with Gasteiger partial charge in [0.1, 0.15) is 0 Å². The Morgan fingerprint density at radius 3 is 2.27 bits per heavy atom. The fourth-order valence-corrected chi connectivity index (χ4v) is 3.68. The summed E-state index contributed by atoms with van der Waals surface area (Å²) < 4.78 is 0. The Morgan fingerprint density at radius 2 is 1.67 bits per heavy atom. The minimum absolute atomic E-state index is 0.388. The quantitative estimate of drug-likeness (QED) is 0.681. The number of amides is 1. The first-order valence-electron chi connectivity index (χ1n) is 6.52. The third-order valence-electron chi connectivity index (χ3n) is 4.81. The summed E-state index contributed by atoms with van der Waals surface area (Å²) in [5.41, 5.74) is 0. The summed E-state index contributed by atoms with van der Waals surface area (Å²) in [6.45, 7) is 0. The van der Waals surface area contributed by atoms with Crippen LogP contribution in [0.4, 0.5) is 0 Å². The first kappa shape index (κ1) is 9.68. The predicted molar refractivity (Wildman–Crippen MR) is 59.3 cm³/mol. The van der Waals surface area contributed by atoms with E-state index >= 15 is 0 Å². The maximum absolute atomic E-state index is 12.2. The molecule has 3 aliphatic carbocycles. The van der Waals surface area contributed by atoms with Gasteiger partial charge in [-0.2, -0.15) is 0 Å². The van der Waals surface area contributed by atoms with Crippen LogP contribution in [0.15, 0.2) is 0 Å². The fraction of sp³-hybridized carbons (Fsp3) is 0.923. The molecule has 0 aromatic rings. The van der Waals surface area contributed by atoms with Gasteiger partial charge in [0.25, 0.3) is 0 Å². The molecule has 0 heterocycles. The molecule has 3 saturated carbocycles. The zero-order valence-corrected chi connectivity index (χ0v) is 9.61. The zero-order valence-electron chi connectivity index (χ0n) is 9.61. The number of carbonyl (C=O) groups excluding carboxylic acids is 1. The maximum atomic E-state index is 12.2. The monoisotopic (exact) mass is 207 g/mol. The van der Waals surface area contributed by atoms with Crippen LogP contribution < -0.4 is 0 Å². The van der Waals surface area contributed by atoms with Crippen molar-refractivity contribution >= 4 is 5.91 Å². The molecule has 15 heavy (non-hydrogen) atoms. The van der Waals surface area contributed by atoms with Gasteiger partial charge in [-0.3, -0.25) is 4.79 Å². The van der Waals surface area contributed by atoms with Gasteiger partial charge in [-0.1, -0.05) is 12.8 Å². The molecule has 0 bridgehead atoms. The molecule has 2 nitrogen and oxygen atoms in total. The lowest BCUT2D eigenvalue weighted by Gasteiger charge is -2.27. The van der Waals surface area contributed by atoms with E-state index in [2.05, 4.69) is 4.90 Å². The van der Waals surface area contributed by atoms with Crippen LogP contribution in [0.3, 0.4) is 0 Å². The first-order chi connectivity index (χ1) is 7.25. The third kappa shape index (κ3) is 1.68. The third-order valence-corrected chi connectivity index (χ3v) is 4.81. The zero-order chi connectivity index (χ0) is 10.4. The van der Waals surface area contributed by atoms with Crippen molar-refractivity contribution in [3.8, 4) is 0 Å². The number of fused-ring (bicyclic) bond motifs is 1. The number of carbonyl (C=O) groups is 1. The van der Waals surface area contributed by atoms with Gasteiger partial charge in [0.2, 0.25) is 5.91 Å². The highest BCUT2D eigenvalue weighted by Gasteiger charge is 2.48. The molecule has 0 saturated heterocycles. The highest BCUT2D eigenvalue weighted by atomic mass is 16.2. The lowest BCUT2D eigenvalue weighted by atomic mass is 10.0. The summed E-state index contributed by atoms with van der Waals surface area (Å²) in [4.78, 5) is 14.3. The lowest BCUT2D eigenvalue weighted by Crippen LogP contribution is -2.39. The molecule has 3 aliphatic rings. The van der Waals surface area contributed by atoms with Crippen molar-refractivity contribution in [3.63, 3.8) is 0 Å². The molecule has 2 unspecified atom stereocenters. The molecule has 3 rings (SSSR count). The molecule has 84 valence electrons. The van der Waals surface area contributed by atoms with Crippen LogP contribution in [-0.2, 0) is 4.79 Å². The summed E-state index contributed by atoms with van der Waals surface area (Å²) in [5.74, 6) is 2.69. The second-order valence-corrected chi connectivity index (χ2v) is 5.81. The number of hydrogen-bond donors (Lipinski definition) is 0. The smallest absolute Gasteiger partial charge is 0.225 e. The molecule has 0 spiro atoms. The Bertz CT molecular complexity index is 260. The number of nitrogens with zero attached hydrogens (tertiary/aromatic N) is 1. The minimum atomic E-state index is 0.388. The van der Waals surface area contributed by atoms with Crippen molar-refractivity contribution in [2.24, 2.45) is 17.8 Å². The van der Waals surface area contributed by atoms with Gasteiger partial charge >= 0.3 is 0 Å². The SMILES string of the molecule is CN(C(=O)C1CC2CC2C1)C1CCCC1. The maximum Gasteiger partial charge on any atom is 0.225 e. The summed E-state index contributed by atoms with van der Waals surface area (Å²) in [7, 11) is 2.03. The molecule has 0 aliphatic heterocycles. The Kier molecular flexibility index (Phi) is 2.26. The average molecular weight is 207 g/mol. The van der Waals surface area contributed by atoms with E-state index < -0.39 is 0 Å². The topological polar surface area (TPSA) is 20.3 Å². The number of hydrogen-bond acceptors (Lipinski definition) is 1. The van der Waals surface area contributed by atoms with Crippen LogP contribution in [0.25, 0.3) is 0 Å². The van der Waals surface area contributed by atoms with E-state index in [1.54, 1.807) is 0 Å². The van der Waals surface area contributed by atoms with E-state index in [-0.39, 0.29) is 0 Å². The molecule has 2 atom stereocenters. The van der Waals surface area contributed by atoms with E-state index in [4.69, 9.17) is 0 Å². The molecular weight excluding hydrogens is 186 g/mol. The van der Waals surface area contributed by atoms with Crippen LogP contribution in [0.5, 0.6) is 0 Å². The standard InChI is InChI=1S/C13H21NO/c1-14(12-4-2-3-5-12)13(15)11-7-9-6-10(9)8-11/h9-12H,2-8H2,1H3. The second-order valence-electron chi connectivity index (χ2n) is 5.81. The highest BCUT2D eigenvalue weighted by molar-refractivity contribution is 5.79. The molecule has 1 amide bonds. The fourth-order valence-electron chi connectivity index (χ4n) is 3.68. The van der Waals surface area contributed by atoms with Crippen molar-refractivity contribution in [2.75, 3.05) is 7.05 Å². The molecule has 0 N–H and O–H groups in total. The molecule has 0 aromatic heterocycles. The summed E-state index contributed by atoms with van der Waals surface area (Å²) >= 11 is 0. The molecule has 0 radical (unpaired) electrons. The highest BCUT2D eigenvalue weighted by Crippen LogP contribution is 2.54. The lowest BCUT2D eigenvalue weighted by molar-refractivity contribution is -0.136. The van der Waals surface area contributed by atoms with Gasteiger partial charge in [0.05, 0.1) is 0 Å². The van der Waals surface area contributed by atoms with Gasteiger partial charge < -0.3 is 4.90 Å². The van der Waals surface area contributed by atoms with Gasteiger partial charge in [-0.25, -0.2) is 0 Å². The summed E-state index contributed by atoms with van der Waals surface area (Å²) in [5, 5.41) is 0. The molecule has 0 aromatic carbocycles. The van der Waals surface area contributed by atoms with Gasteiger partial charge in [0.15, 0.2) is 0 Å². The van der Waals surface area contributed by atoms with Gasteiger partial charge in [0, 0.05) is 19.0 Å². The first-order valence-corrected chi connectivity index (χ1v) is 6.52. The second kappa shape index (κ2) is 3.50. The Balaban J connectivity index is 1.58. The van der Waals surface area contributed by atoms with Crippen molar-refractivity contribution in [1.29, 1.82) is 0 Å². The Labute approximate surface area is 92.0 Å². The Morgan fingerprint density at radius 1 is 1.07 bits per heavy atom. The van der Waals surface area contributed by atoms with E-state index in [9.17, 15) is 4.79 Å². The normalized spacial score (nSPS) is 39.1. The molecular formula is C13H21NO. The average Bonchev–Trinajstić information content (AvgIpc) is 2.77. The van der Waals surface area contributed by atoms with Gasteiger partial charge in [-0.15, -0.1) is 0 Å². The van der Waals surface area contributed by atoms with E-state index in [1.807, 2.05) is 7.05 Å². The molecule has 2 heteroatoms. The largest absolute Gasteiger partial charge is 0.343 e. The Hall–Kier alpha value is -0.530. The van der Waals surface area contributed by atoms with E-state index in [1.165, 1.54) is 44.9 Å². The van der Waals surface area contributed by atoms with Crippen molar-refractivity contribution in [1.82, 2.24) is 4.90 Å². The van der Waals surface area contributed by atoms with Crippen LogP contribution in [-0.4, -0.2) is 23.9 Å².